The van der Waals surface area contributed by atoms with Gasteiger partial charge >= 0.3 is 0 Å². The smallest absolute Gasteiger partial charge is 0.220 e. The van der Waals surface area contributed by atoms with Gasteiger partial charge in [0.15, 0.2) is 0 Å². The monoisotopic (exact) mass is 372 g/mol. The number of nitrogens with one attached hydrogen (secondary N) is 1. The molecule has 0 unspecified atom stereocenters. The first-order valence-corrected chi connectivity index (χ1v) is 10.3. The quantitative estimate of drug-likeness (QED) is 0.804. The number of thiophene rings is 1. The Hall–Kier alpha value is -1.85. The average molecular weight is 373 g/mol. The Morgan fingerprint density at radius 1 is 1.38 bits per heavy atom. The maximum atomic E-state index is 12.0. The van der Waals surface area contributed by atoms with Crippen LogP contribution in [0.5, 0.6) is 5.75 Å². The molecule has 0 aliphatic carbocycles. The minimum Gasteiger partial charge on any atom is -0.489 e. The second-order valence-electron chi connectivity index (χ2n) is 7.06. The Morgan fingerprint density at radius 3 is 3.08 bits per heavy atom. The van der Waals surface area contributed by atoms with Crippen LogP contribution >= 0.6 is 11.3 Å². The van der Waals surface area contributed by atoms with Gasteiger partial charge in [-0.25, -0.2) is 0 Å². The number of carbonyl (C=O) groups is 1. The van der Waals surface area contributed by atoms with Gasteiger partial charge < -0.3 is 10.1 Å². The molecule has 5 heteroatoms. The molecule has 1 atom stereocenters. The number of benzene rings is 1. The highest BCUT2D eigenvalue weighted by atomic mass is 32.1. The SMILES string of the molecule is Cc1ccc2c(c1)CN(CCNC(=O)CCCc1cccs1)C[C@H](C)O2. The summed E-state index contributed by atoms with van der Waals surface area (Å²) < 4.78 is 6.03. The molecule has 1 aliphatic heterocycles. The van der Waals surface area contributed by atoms with Crippen LogP contribution in [0.4, 0.5) is 0 Å². The third-order valence-corrected chi connectivity index (χ3v) is 5.55. The summed E-state index contributed by atoms with van der Waals surface area (Å²) in [5.74, 6) is 1.14. The molecule has 0 fully saturated rings. The highest BCUT2D eigenvalue weighted by Gasteiger charge is 2.20. The van der Waals surface area contributed by atoms with Gasteiger partial charge in [-0.3, -0.25) is 9.69 Å². The van der Waals surface area contributed by atoms with Crippen LogP contribution in [0.3, 0.4) is 0 Å². The predicted molar refractivity (Wildman–Crippen MR) is 107 cm³/mol. The van der Waals surface area contributed by atoms with E-state index in [0.717, 1.165) is 38.2 Å². The van der Waals surface area contributed by atoms with E-state index in [-0.39, 0.29) is 12.0 Å². The molecule has 2 aromatic rings. The van der Waals surface area contributed by atoms with Crippen LogP contribution in [-0.4, -0.2) is 36.5 Å². The molecule has 2 heterocycles. The summed E-state index contributed by atoms with van der Waals surface area (Å²) in [5, 5.41) is 5.15. The van der Waals surface area contributed by atoms with Crippen LogP contribution in [0.25, 0.3) is 0 Å². The molecular formula is C21H28N2O2S. The van der Waals surface area contributed by atoms with Gasteiger partial charge in [0.1, 0.15) is 11.9 Å². The summed E-state index contributed by atoms with van der Waals surface area (Å²) in [4.78, 5) is 15.8. The van der Waals surface area contributed by atoms with Crippen LogP contribution in [0.15, 0.2) is 35.7 Å². The van der Waals surface area contributed by atoms with E-state index in [1.165, 1.54) is 16.0 Å². The Morgan fingerprint density at radius 2 is 2.27 bits per heavy atom. The standard InChI is InChI=1S/C21H28N2O2S/c1-16-8-9-20-18(13-16)15-23(14-17(2)25-20)11-10-22-21(24)7-3-5-19-6-4-12-26-19/h4,6,8-9,12-13,17H,3,5,7,10-11,14-15H2,1-2H3,(H,22,24)/t17-/m0/s1. The number of rotatable bonds is 7. The average Bonchev–Trinajstić information content (AvgIpc) is 3.05. The Bertz CT molecular complexity index is 715. The number of hydrogen-bond donors (Lipinski definition) is 1. The third-order valence-electron chi connectivity index (χ3n) is 4.61. The van der Waals surface area contributed by atoms with E-state index >= 15 is 0 Å². The fourth-order valence-electron chi connectivity index (χ4n) is 3.36. The maximum absolute atomic E-state index is 12.0. The summed E-state index contributed by atoms with van der Waals surface area (Å²) in [6.07, 6.45) is 2.65. The van der Waals surface area contributed by atoms with Gasteiger partial charge in [-0.15, -0.1) is 11.3 Å². The lowest BCUT2D eigenvalue weighted by molar-refractivity contribution is -0.121. The molecule has 1 aliphatic rings. The van der Waals surface area contributed by atoms with Crippen LogP contribution in [0.1, 0.15) is 35.8 Å². The lowest BCUT2D eigenvalue weighted by Gasteiger charge is -2.21. The largest absolute Gasteiger partial charge is 0.489 e. The highest BCUT2D eigenvalue weighted by Crippen LogP contribution is 2.25. The third kappa shape index (κ3) is 5.58. The van der Waals surface area contributed by atoms with Crippen molar-refractivity contribution in [3.8, 4) is 5.75 Å². The lowest BCUT2D eigenvalue weighted by Crippen LogP contribution is -2.37. The second-order valence-corrected chi connectivity index (χ2v) is 8.09. The number of fused-ring (bicyclic) bond motifs is 1. The van der Waals surface area contributed by atoms with E-state index in [4.69, 9.17) is 4.74 Å². The molecule has 0 saturated carbocycles. The van der Waals surface area contributed by atoms with E-state index in [2.05, 4.69) is 59.8 Å². The molecule has 0 radical (unpaired) electrons. The van der Waals surface area contributed by atoms with Gasteiger partial charge in [0.05, 0.1) is 0 Å². The van der Waals surface area contributed by atoms with Crippen molar-refractivity contribution < 1.29 is 9.53 Å². The molecular weight excluding hydrogens is 344 g/mol. The number of nitrogens with zero attached hydrogens (tertiary/aromatic N) is 1. The molecule has 1 aromatic heterocycles. The summed E-state index contributed by atoms with van der Waals surface area (Å²) >= 11 is 1.76. The summed E-state index contributed by atoms with van der Waals surface area (Å²) in [5.41, 5.74) is 2.48. The van der Waals surface area contributed by atoms with Crippen LogP contribution in [0.2, 0.25) is 0 Å². The number of aryl methyl sites for hydroxylation is 2. The van der Waals surface area contributed by atoms with Gasteiger partial charge in [-0.1, -0.05) is 23.8 Å². The fraction of sp³-hybridized carbons (Fsp3) is 0.476. The highest BCUT2D eigenvalue weighted by molar-refractivity contribution is 7.09. The number of amides is 1. The van der Waals surface area contributed by atoms with Crippen molar-refractivity contribution in [2.45, 2.75) is 45.8 Å². The van der Waals surface area contributed by atoms with Crippen molar-refractivity contribution in [3.63, 3.8) is 0 Å². The van der Waals surface area contributed by atoms with Crippen LogP contribution < -0.4 is 10.1 Å². The minimum atomic E-state index is 0.150. The molecule has 140 valence electrons. The molecule has 26 heavy (non-hydrogen) atoms. The maximum Gasteiger partial charge on any atom is 0.220 e. The van der Waals surface area contributed by atoms with Crippen molar-refractivity contribution in [2.75, 3.05) is 19.6 Å². The van der Waals surface area contributed by atoms with Gasteiger partial charge in [0, 0.05) is 43.0 Å². The Kier molecular flexibility index (Phi) is 6.69. The summed E-state index contributed by atoms with van der Waals surface area (Å²) in [6.45, 7) is 7.49. The van der Waals surface area contributed by atoms with E-state index in [0.29, 0.717) is 13.0 Å². The van der Waals surface area contributed by atoms with E-state index < -0.39 is 0 Å². The lowest BCUT2D eigenvalue weighted by atomic mass is 10.1. The first-order valence-electron chi connectivity index (χ1n) is 9.38. The Labute approximate surface area is 160 Å². The molecule has 3 rings (SSSR count). The zero-order chi connectivity index (χ0) is 18.4. The van der Waals surface area contributed by atoms with Gasteiger partial charge in [-0.05, 0) is 44.2 Å². The first-order chi connectivity index (χ1) is 12.6. The first kappa shape index (κ1) is 18.9. The van der Waals surface area contributed by atoms with E-state index in [1.807, 2.05) is 0 Å². The van der Waals surface area contributed by atoms with Crippen molar-refractivity contribution in [1.82, 2.24) is 10.2 Å². The summed E-state index contributed by atoms with van der Waals surface area (Å²) in [7, 11) is 0. The zero-order valence-corrected chi connectivity index (χ0v) is 16.5. The molecule has 1 amide bonds. The second kappa shape index (κ2) is 9.19. The van der Waals surface area contributed by atoms with Crippen LogP contribution in [0, 0.1) is 6.92 Å². The molecule has 1 N–H and O–H groups in total. The van der Waals surface area contributed by atoms with Gasteiger partial charge in [0.2, 0.25) is 5.91 Å². The van der Waals surface area contributed by atoms with Gasteiger partial charge in [-0.2, -0.15) is 0 Å². The number of hydrogen-bond acceptors (Lipinski definition) is 4. The summed E-state index contributed by atoms with van der Waals surface area (Å²) in [6, 6.07) is 10.6. The molecule has 0 bridgehead atoms. The minimum absolute atomic E-state index is 0.150. The number of ether oxygens (including phenoxy) is 1. The number of carbonyl (C=O) groups excluding carboxylic acids is 1. The molecule has 4 nitrogen and oxygen atoms in total. The Balaban J connectivity index is 1.41. The van der Waals surface area contributed by atoms with Gasteiger partial charge in [0.25, 0.3) is 0 Å². The predicted octanol–water partition coefficient (Wildman–Crippen LogP) is 3.78. The van der Waals surface area contributed by atoms with Crippen molar-refractivity contribution >= 4 is 17.2 Å². The van der Waals surface area contributed by atoms with E-state index in [9.17, 15) is 4.79 Å². The molecule has 0 spiro atoms. The topological polar surface area (TPSA) is 41.6 Å². The zero-order valence-electron chi connectivity index (χ0n) is 15.7. The fourth-order valence-corrected chi connectivity index (χ4v) is 4.11. The van der Waals surface area contributed by atoms with Crippen molar-refractivity contribution in [2.24, 2.45) is 0 Å². The van der Waals surface area contributed by atoms with E-state index in [1.54, 1.807) is 11.3 Å². The molecule has 0 saturated heterocycles. The molecule has 1 aromatic carbocycles. The normalized spacial score (nSPS) is 17.2. The van der Waals surface area contributed by atoms with Crippen LogP contribution in [-0.2, 0) is 17.8 Å². The van der Waals surface area contributed by atoms with Crippen molar-refractivity contribution in [3.05, 3.63) is 51.7 Å². The van der Waals surface area contributed by atoms with Crippen molar-refractivity contribution in [1.29, 1.82) is 0 Å².